The first-order chi connectivity index (χ1) is 9.16. The number of amides is 1. The van der Waals surface area contributed by atoms with E-state index in [2.05, 4.69) is 27.9 Å². The Morgan fingerprint density at radius 3 is 2.74 bits per heavy atom. The molecule has 1 saturated carbocycles. The number of hydrogen-bond acceptors (Lipinski definition) is 3. The standard InChI is InChI=1S/C15H22N2OS/c1-10-8-19-9-13(10)7-17-14(12-5-3-4-6-12)16-11(2)15(17)18/h8-9,11-12,14,16H,3-7H2,1-2H3. The van der Waals surface area contributed by atoms with Crippen molar-refractivity contribution in [1.29, 1.82) is 0 Å². The van der Waals surface area contributed by atoms with Crippen LogP contribution in [-0.4, -0.2) is 23.0 Å². The van der Waals surface area contributed by atoms with Crippen LogP contribution in [0.3, 0.4) is 0 Å². The lowest BCUT2D eigenvalue weighted by molar-refractivity contribution is -0.130. The number of aryl methyl sites for hydroxylation is 1. The maximum absolute atomic E-state index is 12.4. The first kappa shape index (κ1) is 13.1. The molecule has 1 amide bonds. The van der Waals surface area contributed by atoms with Crippen molar-refractivity contribution in [2.75, 3.05) is 0 Å². The summed E-state index contributed by atoms with van der Waals surface area (Å²) in [4.78, 5) is 14.5. The van der Waals surface area contributed by atoms with E-state index in [1.54, 1.807) is 11.3 Å². The second-order valence-electron chi connectivity index (χ2n) is 5.92. The highest BCUT2D eigenvalue weighted by Crippen LogP contribution is 2.33. The van der Waals surface area contributed by atoms with Crippen LogP contribution in [0.5, 0.6) is 0 Å². The van der Waals surface area contributed by atoms with Crippen molar-refractivity contribution < 1.29 is 4.79 Å². The van der Waals surface area contributed by atoms with Crippen molar-refractivity contribution in [2.45, 2.75) is 58.3 Å². The largest absolute Gasteiger partial charge is 0.321 e. The van der Waals surface area contributed by atoms with Crippen LogP contribution in [0.25, 0.3) is 0 Å². The molecule has 1 aliphatic carbocycles. The van der Waals surface area contributed by atoms with E-state index in [0.717, 1.165) is 6.54 Å². The lowest BCUT2D eigenvalue weighted by atomic mass is 10.0. The van der Waals surface area contributed by atoms with Crippen LogP contribution >= 0.6 is 11.3 Å². The van der Waals surface area contributed by atoms with Gasteiger partial charge in [-0.15, -0.1) is 0 Å². The Morgan fingerprint density at radius 2 is 2.11 bits per heavy atom. The molecule has 104 valence electrons. The van der Waals surface area contributed by atoms with E-state index in [0.29, 0.717) is 5.92 Å². The van der Waals surface area contributed by atoms with E-state index in [-0.39, 0.29) is 18.1 Å². The highest BCUT2D eigenvalue weighted by atomic mass is 32.1. The van der Waals surface area contributed by atoms with Crippen LogP contribution in [-0.2, 0) is 11.3 Å². The summed E-state index contributed by atoms with van der Waals surface area (Å²) in [5.41, 5.74) is 2.61. The number of carbonyl (C=O) groups is 1. The number of hydrogen-bond donors (Lipinski definition) is 1. The summed E-state index contributed by atoms with van der Waals surface area (Å²) < 4.78 is 0. The molecule has 2 aliphatic rings. The maximum atomic E-state index is 12.4. The fourth-order valence-electron chi connectivity index (χ4n) is 3.38. The smallest absolute Gasteiger partial charge is 0.241 e. The third-order valence-corrected chi connectivity index (χ3v) is 5.47. The first-order valence-corrected chi connectivity index (χ1v) is 8.19. The Bertz CT molecular complexity index is 464. The molecule has 0 bridgehead atoms. The quantitative estimate of drug-likeness (QED) is 0.922. The zero-order valence-electron chi connectivity index (χ0n) is 11.7. The molecule has 1 saturated heterocycles. The lowest BCUT2D eigenvalue weighted by Gasteiger charge is -2.29. The molecule has 1 N–H and O–H groups in total. The number of thiophene rings is 1. The van der Waals surface area contributed by atoms with Gasteiger partial charge in [0.05, 0.1) is 12.2 Å². The Kier molecular flexibility index (Phi) is 3.63. The molecule has 3 nitrogen and oxygen atoms in total. The average Bonchev–Trinajstić information content (AvgIpc) is 3.08. The second kappa shape index (κ2) is 5.25. The number of rotatable bonds is 3. The van der Waals surface area contributed by atoms with Crippen LogP contribution in [0.1, 0.15) is 43.7 Å². The van der Waals surface area contributed by atoms with Crippen LogP contribution in [0.2, 0.25) is 0 Å². The minimum atomic E-state index is -0.0236. The van der Waals surface area contributed by atoms with Gasteiger partial charge in [0.1, 0.15) is 0 Å². The van der Waals surface area contributed by atoms with Crippen LogP contribution in [0, 0.1) is 12.8 Å². The topological polar surface area (TPSA) is 32.3 Å². The molecule has 1 aromatic rings. The molecule has 3 rings (SSSR count). The molecule has 0 spiro atoms. The fraction of sp³-hybridized carbons (Fsp3) is 0.667. The van der Waals surface area contributed by atoms with Gasteiger partial charge in [0.25, 0.3) is 0 Å². The molecule has 2 heterocycles. The van der Waals surface area contributed by atoms with E-state index in [9.17, 15) is 4.79 Å². The SMILES string of the molecule is Cc1cscc1CN1C(=O)C(C)NC1C1CCCC1. The summed E-state index contributed by atoms with van der Waals surface area (Å²) >= 11 is 1.73. The van der Waals surface area contributed by atoms with Gasteiger partial charge in [0.2, 0.25) is 5.91 Å². The third-order valence-electron chi connectivity index (χ3n) is 4.56. The summed E-state index contributed by atoms with van der Waals surface area (Å²) in [6.45, 7) is 4.89. The van der Waals surface area contributed by atoms with Crippen molar-refractivity contribution in [3.8, 4) is 0 Å². The van der Waals surface area contributed by atoms with Crippen molar-refractivity contribution in [1.82, 2.24) is 10.2 Å². The number of nitrogens with one attached hydrogen (secondary N) is 1. The Hall–Kier alpha value is -0.870. The molecule has 1 aromatic heterocycles. The highest BCUT2D eigenvalue weighted by molar-refractivity contribution is 7.08. The molecular formula is C15H22N2OS. The monoisotopic (exact) mass is 278 g/mol. The number of nitrogens with zero attached hydrogens (tertiary/aromatic N) is 1. The molecule has 0 radical (unpaired) electrons. The van der Waals surface area contributed by atoms with Crippen molar-refractivity contribution >= 4 is 17.2 Å². The van der Waals surface area contributed by atoms with Gasteiger partial charge in [-0.05, 0) is 54.5 Å². The van der Waals surface area contributed by atoms with Gasteiger partial charge in [0, 0.05) is 6.54 Å². The van der Waals surface area contributed by atoms with Crippen LogP contribution in [0.4, 0.5) is 0 Å². The van der Waals surface area contributed by atoms with Gasteiger partial charge in [-0.3, -0.25) is 10.1 Å². The lowest BCUT2D eigenvalue weighted by Crippen LogP contribution is -2.42. The zero-order valence-corrected chi connectivity index (χ0v) is 12.5. The molecular weight excluding hydrogens is 256 g/mol. The fourth-order valence-corrected chi connectivity index (χ4v) is 4.22. The maximum Gasteiger partial charge on any atom is 0.241 e. The van der Waals surface area contributed by atoms with Crippen molar-refractivity contribution in [3.05, 3.63) is 21.9 Å². The summed E-state index contributed by atoms with van der Waals surface area (Å²) in [5, 5.41) is 7.85. The van der Waals surface area contributed by atoms with Gasteiger partial charge >= 0.3 is 0 Å². The average molecular weight is 278 g/mol. The van der Waals surface area contributed by atoms with Gasteiger partial charge in [0.15, 0.2) is 0 Å². The second-order valence-corrected chi connectivity index (χ2v) is 6.67. The Balaban J connectivity index is 1.79. The molecule has 2 atom stereocenters. The molecule has 19 heavy (non-hydrogen) atoms. The van der Waals surface area contributed by atoms with Crippen molar-refractivity contribution in [3.63, 3.8) is 0 Å². The van der Waals surface area contributed by atoms with E-state index in [1.165, 1.54) is 36.8 Å². The molecule has 4 heteroatoms. The van der Waals surface area contributed by atoms with E-state index in [1.807, 2.05) is 6.92 Å². The normalized spacial score (nSPS) is 28.5. The van der Waals surface area contributed by atoms with Crippen LogP contribution in [0.15, 0.2) is 10.8 Å². The summed E-state index contributed by atoms with van der Waals surface area (Å²) in [5.74, 6) is 0.912. The van der Waals surface area contributed by atoms with E-state index < -0.39 is 0 Å². The molecule has 2 fully saturated rings. The zero-order chi connectivity index (χ0) is 13.4. The minimum Gasteiger partial charge on any atom is -0.321 e. The predicted octanol–water partition coefficient (Wildman–Crippen LogP) is 2.89. The van der Waals surface area contributed by atoms with Gasteiger partial charge in [-0.1, -0.05) is 12.8 Å². The van der Waals surface area contributed by atoms with Crippen LogP contribution < -0.4 is 5.32 Å². The minimum absolute atomic E-state index is 0.0236. The highest BCUT2D eigenvalue weighted by Gasteiger charge is 2.41. The number of carbonyl (C=O) groups excluding carboxylic acids is 1. The predicted molar refractivity (Wildman–Crippen MR) is 77.9 cm³/mol. The van der Waals surface area contributed by atoms with Crippen molar-refractivity contribution in [2.24, 2.45) is 5.92 Å². The summed E-state index contributed by atoms with van der Waals surface area (Å²) in [6, 6.07) is -0.0236. The van der Waals surface area contributed by atoms with E-state index >= 15 is 0 Å². The summed E-state index contributed by atoms with van der Waals surface area (Å²) in [6.07, 6.45) is 5.41. The van der Waals surface area contributed by atoms with Gasteiger partial charge < -0.3 is 4.90 Å². The molecule has 0 aromatic carbocycles. The Morgan fingerprint density at radius 1 is 1.37 bits per heavy atom. The first-order valence-electron chi connectivity index (χ1n) is 7.25. The molecule has 1 aliphatic heterocycles. The Labute approximate surface area is 119 Å². The van der Waals surface area contributed by atoms with Gasteiger partial charge in [-0.2, -0.15) is 11.3 Å². The summed E-state index contributed by atoms with van der Waals surface area (Å²) in [7, 11) is 0. The van der Waals surface area contributed by atoms with E-state index in [4.69, 9.17) is 0 Å². The van der Waals surface area contributed by atoms with Gasteiger partial charge in [-0.25, -0.2) is 0 Å². The molecule has 2 unspecified atom stereocenters. The third kappa shape index (κ3) is 2.43.